The van der Waals surface area contributed by atoms with Crippen LogP contribution in [0.15, 0.2) is 36.5 Å². The zero-order valence-electron chi connectivity index (χ0n) is 19.5. The third-order valence-corrected chi connectivity index (χ3v) is 6.69. The first-order valence-electron chi connectivity index (χ1n) is 12.0. The smallest absolute Gasteiger partial charge is 0.252 e. The molecule has 0 spiro atoms. The minimum atomic E-state index is -0.775. The lowest BCUT2D eigenvalue weighted by atomic mass is 9.91. The number of fused-ring (bicyclic) bond motifs is 1. The number of morpholine rings is 1. The van der Waals surface area contributed by atoms with E-state index in [0.717, 1.165) is 61.4 Å². The molecule has 2 aliphatic rings. The molecule has 1 amide bonds. The molecule has 1 aliphatic carbocycles. The van der Waals surface area contributed by atoms with E-state index >= 15 is 0 Å². The molecule has 0 bridgehead atoms. The topological polar surface area (TPSA) is 131 Å². The Bertz CT molecular complexity index is 1230. The lowest BCUT2D eigenvalue weighted by molar-refractivity contribution is 0.100. The normalized spacial score (nSPS) is 20.6. The number of carbonyl (C=O) groups is 1. The molecule has 3 heterocycles. The number of benzene rings is 1. The third-order valence-electron chi connectivity index (χ3n) is 6.69. The molecular weight excluding hydrogens is 449 g/mol. The van der Waals surface area contributed by atoms with E-state index in [1.54, 1.807) is 6.20 Å². The number of nitrogens with two attached hydrogens (primary N) is 2. The summed E-state index contributed by atoms with van der Waals surface area (Å²) in [5.74, 6) is -1.21. The molecule has 6 N–H and O–H groups in total. The zero-order chi connectivity index (χ0) is 24.4. The molecule has 9 nitrogen and oxygen atoms in total. The molecule has 1 aliphatic heterocycles. The van der Waals surface area contributed by atoms with Crippen LogP contribution < -0.4 is 27.0 Å². The van der Waals surface area contributed by atoms with E-state index in [1.165, 1.54) is 0 Å². The zero-order valence-corrected chi connectivity index (χ0v) is 19.5. The SMILES string of the molecule is NC(=O)c1cc(F)c(N[C@@H]2CCCC[C@@H]2N)nc1Nc1cnc2c(N3CCOCC3)cccc2c1. The van der Waals surface area contributed by atoms with Gasteiger partial charge in [-0.2, -0.15) is 0 Å². The molecule has 1 saturated heterocycles. The number of hydrogen-bond acceptors (Lipinski definition) is 8. The van der Waals surface area contributed by atoms with E-state index in [-0.39, 0.29) is 29.3 Å². The molecule has 3 aromatic rings. The number of halogens is 1. The third kappa shape index (κ3) is 4.98. The van der Waals surface area contributed by atoms with Crippen molar-refractivity contribution in [2.45, 2.75) is 37.8 Å². The lowest BCUT2D eigenvalue weighted by Gasteiger charge is -2.30. The van der Waals surface area contributed by atoms with Crippen LogP contribution in [0.5, 0.6) is 0 Å². The number of amides is 1. The van der Waals surface area contributed by atoms with Crippen molar-refractivity contribution in [3.63, 3.8) is 0 Å². The van der Waals surface area contributed by atoms with Crippen molar-refractivity contribution in [2.75, 3.05) is 41.8 Å². The summed E-state index contributed by atoms with van der Waals surface area (Å²) in [6.45, 7) is 2.99. The van der Waals surface area contributed by atoms with Crippen LogP contribution in [-0.4, -0.2) is 54.3 Å². The standard InChI is InChI=1S/C25H30FN7O2/c26-18-13-17(23(28)34)24(32-25(18)31-20-6-2-1-5-19(20)27)30-16-12-15-4-3-7-21(22(15)29-14-16)33-8-10-35-11-9-33/h3-4,7,12-14,19-20H,1-2,5-6,8-11,27H2,(H2,28,34)(H2,30,31,32)/t19-,20+/m0/s1. The fraction of sp³-hybridized carbons (Fsp3) is 0.400. The molecule has 10 heteroatoms. The maximum absolute atomic E-state index is 14.8. The number of ether oxygens (including phenoxy) is 1. The van der Waals surface area contributed by atoms with Gasteiger partial charge in [0.05, 0.1) is 41.9 Å². The van der Waals surface area contributed by atoms with Gasteiger partial charge in [0.1, 0.15) is 5.82 Å². The highest BCUT2D eigenvalue weighted by atomic mass is 19.1. The summed E-state index contributed by atoms with van der Waals surface area (Å²) in [4.78, 5) is 23.4. The number of pyridine rings is 2. The maximum Gasteiger partial charge on any atom is 0.252 e. The fourth-order valence-electron chi connectivity index (χ4n) is 4.80. The fourth-order valence-corrected chi connectivity index (χ4v) is 4.80. The highest BCUT2D eigenvalue weighted by Crippen LogP contribution is 2.30. The van der Waals surface area contributed by atoms with Gasteiger partial charge in [0.25, 0.3) is 5.91 Å². The Hall–Kier alpha value is -3.50. The Morgan fingerprint density at radius 2 is 1.94 bits per heavy atom. The first kappa shape index (κ1) is 23.3. The summed E-state index contributed by atoms with van der Waals surface area (Å²) in [5.41, 5.74) is 14.2. The van der Waals surface area contributed by atoms with Crippen molar-refractivity contribution in [3.8, 4) is 0 Å². The summed E-state index contributed by atoms with van der Waals surface area (Å²) in [7, 11) is 0. The van der Waals surface area contributed by atoms with Gasteiger partial charge in [0.2, 0.25) is 0 Å². The van der Waals surface area contributed by atoms with Crippen molar-refractivity contribution < 1.29 is 13.9 Å². The highest BCUT2D eigenvalue weighted by molar-refractivity contribution is 5.99. The molecule has 5 rings (SSSR count). The summed E-state index contributed by atoms with van der Waals surface area (Å²) >= 11 is 0. The summed E-state index contributed by atoms with van der Waals surface area (Å²) in [6, 6.07) is 8.88. The number of aromatic nitrogens is 2. The van der Waals surface area contributed by atoms with Crippen LogP contribution in [0.25, 0.3) is 10.9 Å². The van der Waals surface area contributed by atoms with Gasteiger partial charge < -0.3 is 31.7 Å². The average molecular weight is 480 g/mol. The Kier molecular flexibility index (Phi) is 6.65. The van der Waals surface area contributed by atoms with Crippen molar-refractivity contribution >= 4 is 39.8 Å². The number of carbonyl (C=O) groups excluding carboxylic acids is 1. The van der Waals surface area contributed by atoms with E-state index in [1.807, 2.05) is 24.3 Å². The van der Waals surface area contributed by atoms with Crippen molar-refractivity contribution in [3.05, 3.63) is 47.9 Å². The molecule has 2 atom stereocenters. The molecular formula is C25H30FN7O2. The van der Waals surface area contributed by atoms with Crippen molar-refractivity contribution in [1.82, 2.24) is 9.97 Å². The predicted molar refractivity (Wildman–Crippen MR) is 135 cm³/mol. The first-order valence-corrected chi connectivity index (χ1v) is 12.0. The predicted octanol–water partition coefficient (Wildman–Crippen LogP) is 3.13. The van der Waals surface area contributed by atoms with Gasteiger partial charge in [-0.1, -0.05) is 25.0 Å². The van der Waals surface area contributed by atoms with Crippen LogP contribution in [0.1, 0.15) is 36.0 Å². The van der Waals surface area contributed by atoms with Crippen LogP contribution in [0.4, 0.5) is 27.4 Å². The van der Waals surface area contributed by atoms with Crippen molar-refractivity contribution in [2.24, 2.45) is 11.5 Å². The van der Waals surface area contributed by atoms with Gasteiger partial charge in [-0.15, -0.1) is 0 Å². The molecule has 1 aromatic carbocycles. The molecule has 2 aromatic heterocycles. The average Bonchev–Trinajstić information content (AvgIpc) is 2.87. The minimum Gasteiger partial charge on any atom is -0.378 e. The molecule has 0 radical (unpaired) electrons. The number of anilines is 4. The van der Waals surface area contributed by atoms with E-state index in [9.17, 15) is 9.18 Å². The number of nitrogens with zero attached hydrogens (tertiary/aromatic N) is 3. The molecule has 1 saturated carbocycles. The van der Waals surface area contributed by atoms with E-state index < -0.39 is 11.7 Å². The Morgan fingerprint density at radius 3 is 2.71 bits per heavy atom. The van der Waals surface area contributed by atoms with Gasteiger partial charge >= 0.3 is 0 Å². The van der Waals surface area contributed by atoms with Gasteiger partial charge in [-0.05, 0) is 31.0 Å². The van der Waals surface area contributed by atoms with Gasteiger partial charge in [-0.25, -0.2) is 9.37 Å². The number of para-hydroxylation sites is 1. The van der Waals surface area contributed by atoms with E-state index in [2.05, 4.69) is 25.5 Å². The van der Waals surface area contributed by atoms with Crippen molar-refractivity contribution in [1.29, 1.82) is 0 Å². The van der Waals surface area contributed by atoms with Crippen LogP contribution in [0, 0.1) is 5.82 Å². The minimum absolute atomic E-state index is 0.0387. The molecule has 184 valence electrons. The number of hydrogen-bond donors (Lipinski definition) is 4. The van der Waals surface area contributed by atoms with Gasteiger partial charge in [-0.3, -0.25) is 9.78 Å². The van der Waals surface area contributed by atoms with E-state index in [4.69, 9.17) is 16.2 Å². The van der Waals surface area contributed by atoms with Crippen LogP contribution in [0.2, 0.25) is 0 Å². The Balaban J connectivity index is 1.45. The van der Waals surface area contributed by atoms with Crippen LogP contribution in [0.3, 0.4) is 0 Å². The summed E-state index contributed by atoms with van der Waals surface area (Å²) in [5, 5.41) is 7.17. The second-order valence-corrected chi connectivity index (χ2v) is 9.08. The number of rotatable bonds is 6. The maximum atomic E-state index is 14.8. The summed E-state index contributed by atoms with van der Waals surface area (Å²) in [6.07, 6.45) is 5.46. The Morgan fingerprint density at radius 1 is 1.14 bits per heavy atom. The number of nitrogens with one attached hydrogen (secondary N) is 2. The first-order chi connectivity index (χ1) is 17.0. The Labute approximate surface area is 203 Å². The molecule has 35 heavy (non-hydrogen) atoms. The second-order valence-electron chi connectivity index (χ2n) is 9.08. The highest BCUT2D eigenvalue weighted by Gasteiger charge is 2.24. The summed E-state index contributed by atoms with van der Waals surface area (Å²) < 4.78 is 20.3. The van der Waals surface area contributed by atoms with Crippen LogP contribution >= 0.6 is 0 Å². The van der Waals surface area contributed by atoms with Gasteiger partial charge in [0, 0.05) is 30.6 Å². The van der Waals surface area contributed by atoms with Crippen LogP contribution in [-0.2, 0) is 4.74 Å². The van der Waals surface area contributed by atoms with Gasteiger partial charge in [0.15, 0.2) is 11.6 Å². The number of primary amides is 1. The quantitative estimate of drug-likeness (QED) is 0.424. The van der Waals surface area contributed by atoms with E-state index in [0.29, 0.717) is 18.9 Å². The largest absolute Gasteiger partial charge is 0.378 e. The molecule has 0 unspecified atom stereocenters. The molecule has 2 fully saturated rings. The monoisotopic (exact) mass is 479 g/mol. The lowest BCUT2D eigenvalue weighted by Crippen LogP contribution is -2.43. The second kappa shape index (κ2) is 10.0.